The van der Waals surface area contributed by atoms with Crippen molar-refractivity contribution in [2.24, 2.45) is 0 Å². The first-order valence-electron chi connectivity index (χ1n) is 9.04. The maximum atomic E-state index is 12.4. The first kappa shape index (κ1) is 19.1. The summed E-state index contributed by atoms with van der Waals surface area (Å²) < 4.78 is 11.4. The molecule has 2 aromatic heterocycles. The van der Waals surface area contributed by atoms with Crippen molar-refractivity contribution in [2.75, 3.05) is 12.4 Å². The second-order valence-electron chi connectivity index (χ2n) is 6.28. The van der Waals surface area contributed by atoms with E-state index in [2.05, 4.69) is 20.6 Å². The molecule has 0 aliphatic carbocycles. The van der Waals surface area contributed by atoms with E-state index in [1.54, 1.807) is 24.3 Å². The molecule has 0 saturated carbocycles. The molecule has 4 aromatic rings. The Morgan fingerprint density at radius 3 is 2.73 bits per heavy atom. The highest BCUT2D eigenvalue weighted by Crippen LogP contribution is 2.20. The van der Waals surface area contributed by atoms with Crippen molar-refractivity contribution in [3.05, 3.63) is 77.1 Å². The number of carbonyl (C=O) groups is 1. The molecule has 0 spiro atoms. The quantitative estimate of drug-likeness (QED) is 0.527. The van der Waals surface area contributed by atoms with Gasteiger partial charge in [-0.2, -0.15) is 10.1 Å². The van der Waals surface area contributed by atoms with Gasteiger partial charge in [0.25, 0.3) is 11.4 Å². The van der Waals surface area contributed by atoms with E-state index in [1.807, 2.05) is 30.3 Å². The molecule has 0 aliphatic rings. The third kappa shape index (κ3) is 4.25. The van der Waals surface area contributed by atoms with E-state index in [4.69, 9.17) is 9.26 Å². The van der Waals surface area contributed by atoms with Crippen LogP contribution in [0.1, 0.15) is 0 Å². The summed E-state index contributed by atoms with van der Waals surface area (Å²) >= 11 is 0. The molecular weight excluding hydrogens is 386 g/mol. The molecule has 30 heavy (non-hydrogen) atoms. The topological polar surface area (TPSA) is 112 Å². The van der Waals surface area contributed by atoms with E-state index < -0.39 is 11.5 Å². The van der Waals surface area contributed by atoms with Gasteiger partial charge in [-0.25, -0.2) is 4.68 Å². The predicted molar refractivity (Wildman–Crippen MR) is 109 cm³/mol. The lowest BCUT2D eigenvalue weighted by atomic mass is 10.2. The minimum absolute atomic E-state index is 0.149. The van der Waals surface area contributed by atoms with Gasteiger partial charge in [0.15, 0.2) is 0 Å². The molecule has 0 fully saturated rings. The lowest BCUT2D eigenvalue weighted by Gasteiger charge is -2.08. The molecule has 0 atom stereocenters. The van der Waals surface area contributed by atoms with Crippen LogP contribution in [0.3, 0.4) is 0 Å². The number of carbonyl (C=O) groups excluding carboxylic acids is 1. The van der Waals surface area contributed by atoms with Crippen molar-refractivity contribution in [1.29, 1.82) is 0 Å². The fourth-order valence-electron chi connectivity index (χ4n) is 2.75. The van der Waals surface area contributed by atoms with Crippen molar-refractivity contribution in [1.82, 2.24) is 19.9 Å². The minimum Gasteiger partial charge on any atom is -0.497 e. The third-order valence-corrected chi connectivity index (χ3v) is 4.19. The normalized spacial score (nSPS) is 10.6. The third-order valence-electron chi connectivity index (χ3n) is 4.19. The maximum Gasteiger partial charge on any atom is 0.278 e. The second kappa shape index (κ2) is 8.39. The van der Waals surface area contributed by atoms with Crippen LogP contribution in [0.2, 0.25) is 0 Å². The number of rotatable bonds is 6. The summed E-state index contributed by atoms with van der Waals surface area (Å²) in [6, 6.07) is 19.0. The van der Waals surface area contributed by atoms with Gasteiger partial charge >= 0.3 is 0 Å². The number of nitrogens with one attached hydrogen (secondary N) is 1. The molecule has 2 aromatic carbocycles. The Bertz CT molecular complexity index is 1230. The van der Waals surface area contributed by atoms with E-state index in [-0.39, 0.29) is 12.4 Å². The number of methoxy groups -OCH3 is 1. The molecule has 0 saturated heterocycles. The Labute approximate surface area is 170 Å². The summed E-state index contributed by atoms with van der Waals surface area (Å²) in [5.41, 5.74) is 1.20. The number of nitrogens with zero attached hydrogens (tertiary/aromatic N) is 4. The zero-order valence-electron chi connectivity index (χ0n) is 16.0. The monoisotopic (exact) mass is 403 g/mol. The van der Waals surface area contributed by atoms with Crippen LogP contribution in [-0.4, -0.2) is 32.9 Å². The standard InChI is InChI=1S/C21H17N5O4/c1-29-16-9-5-8-15(12-16)22-18(27)13-26-19(28)11-10-17(24-26)21-23-20(25-30-21)14-6-3-2-4-7-14/h2-12H,13H2,1H3,(H,22,27). The van der Waals surface area contributed by atoms with Crippen molar-refractivity contribution >= 4 is 11.6 Å². The average molecular weight is 403 g/mol. The van der Waals surface area contributed by atoms with Crippen LogP contribution in [0, 0.1) is 0 Å². The van der Waals surface area contributed by atoms with Gasteiger partial charge in [-0.1, -0.05) is 41.6 Å². The Morgan fingerprint density at radius 2 is 1.93 bits per heavy atom. The Kier molecular flexibility index (Phi) is 5.33. The fraction of sp³-hybridized carbons (Fsp3) is 0.0952. The highest BCUT2D eigenvalue weighted by molar-refractivity contribution is 5.90. The van der Waals surface area contributed by atoms with Crippen LogP contribution in [0.5, 0.6) is 5.75 Å². The number of aromatic nitrogens is 4. The number of anilines is 1. The molecule has 4 rings (SSSR count). The van der Waals surface area contributed by atoms with E-state index >= 15 is 0 Å². The van der Waals surface area contributed by atoms with Gasteiger partial charge < -0.3 is 14.6 Å². The van der Waals surface area contributed by atoms with Crippen molar-refractivity contribution in [2.45, 2.75) is 6.54 Å². The molecule has 1 N–H and O–H groups in total. The maximum absolute atomic E-state index is 12.4. The minimum atomic E-state index is -0.428. The van der Waals surface area contributed by atoms with E-state index in [9.17, 15) is 9.59 Å². The fourth-order valence-corrected chi connectivity index (χ4v) is 2.75. The zero-order valence-corrected chi connectivity index (χ0v) is 16.0. The van der Waals surface area contributed by atoms with Crippen molar-refractivity contribution in [3.8, 4) is 28.7 Å². The van der Waals surface area contributed by atoms with E-state index in [1.165, 1.54) is 19.2 Å². The number of hydrogen-bond donors (Lipinski definition) is 1. The molecule has 0 bridgehead atoms. The Balaban J connectivity index is 1.53. The molecule has 0 aliphatic heterocycles. The Hall–Kier alpha value is -4.27. The SMILES string of the molecule is COc1cccc(NC(=O)Cn2nc(-c3nc(-c4ccccc4)no3)ccc2=O)c1. The van der Waals surface area contributed by atoms with Crippen LogP contribution < -0.4 is 15.6 Å². The molecule has 150 valence electrons. The van der Waals surface area contributed by atoms with Crippen molar-refractivity contribution in [3.63, 3.8) is 0 Å². The summed E-state index contributed by atoms with van der Waals surface area (Å²) in [6.07, 6.45) is 0. The summed E-state index contributed by atoms with van der Waals surface area (Å²) in [5, 5.41) is 10.8. The summed E-state index contributed by atoms with van der Waals surface area (Å²) in [7, 11) is 1.54. The van der Waals surface area contributed by atoms with Gasteiger partial charge in [0.05, 0.1) is 7.11 Å². The van der Waals surface area contributed by atoms with Gasteiger partial charge in [-0.3, -0.25) is 9.59 Å². The summed E-state index contributed by atoms with van der Waals surface area (Å²) in [5.74, 6) is 0.748. The molecule has 1 amide bonds. The zero-order chi connectivity index (χ0) is 20.9. The van der Waals surface area contributed by atoms with Gasteiger partial charge in [0, 0.05) is 23.4 Å². The average Bonchev–Trinajstić information content (AvgIpc) is 3.26. The van der Waals surface area contributed by atoms with Crippen LogP contribution in [-0.2, 0) is 11.3 Å². The van der Waals surface area contributed by atoms with E-state index in [0.717, 1.165) is 10.2 Å². The number of hydrogen-bond acceptors (Lipinski definition) is 7. The highest BCUT2D eigenvalue weighted by atomic mass is 16.5. The first-order valence-corrected chi connectivity index (χ1v) is 9.04. The molecule has 9 nitrogen and oxygen atoms in total. The summed E-state index contributed by atoms with van der Waals surface area (Å²) in [4.78, 5) is 28.8. The van der Waals surface area contributed by atoms with Gasteiger partial charge in [-0.05, 0) is 18.2 Å². The number of ether oxygens (including phenoxy) is 1. The predicted octanol–water partition coefficient (Wildman–Crippen LogP) is 2.61. The molecular formula is C21H17N5O4. The van der Waals surface area contributed by atoms with E-state index in [0.29, 0.717) is 23.0 Å². The van der Waals surface area contributed by atoms with Gasteiger partial charge in [0.2, 0.25) is 11.7 Å². The smallest absolute Gasteiger partial charge is 0.278 e. The first-order chi connectivity index (χ1) is 14.6. The van der Waals surface area contributed by atoms with Crippen LogP contribution in [0.15, 0.2) is 76.0 Å². The van der Waals surface area contributed by atoms with Gasteiger partial charge in [0.1, 0.15) is 18.0 Å². The molecule has 0 unspecified atom stereocenters. The molecule has 0 radical (unpaired) electrons. The molecule has 2 heterocycles. The van der Waals surface area contributed by atoms with Gasteiger partial charge in [-0.15, -0.1) is 0 Å². The lowest BCUT2D eigenvalue weighted by Crippen LogP contribution is -2.29. The molecule has 9 heteroatoms. The number of amides is 1. The Morgan fingerprint density at radius 1 is 1.10 bits per heavy atom. The number of benzene rings is 2. The largest absolute Gasteiger partial charge is 0.497 e. The second-order valence-corrected chi connectivity index (χ2v) is 6.28. The van der Waals surface area contributed by atoms with Crippen LogP contribution in [0.25, 0.3) is 23.0 Å². The van der Waals surface area contributed by atoms with Crippen molar-refractivity contribution < 1.29 is 14.1 Å². The van der Waals surface area contributed by atoms with Crippen LogP contribution >= 0.6 is 0 Å². The summed E-state index contributed by atoms with van der Waals surface area (Å²) in [6.45, 7) is -0.274. The lowest BCUT2D eigenvalue weighted by molar-refractivity contribution is -0.117. The van der Waals surface area contributed by atoms with Crippen LogP contribution in [0.4, 0.5) is 5.69 Å². The highest BCUT2D eigenvalue weighted by Gasteiger charge is 2.14.